The van der Waals surface area contributed by atoms with Crippen molar-refractivity contribution in [3.63, 3.8) is 0 Å². The zero-order chi connectivity index (χ0) is 26.2. The number of hydrogen-bond donors (Lipinski definition) is 1. The summed E-state index contributed by atoms with van der Waals surface area (Å²) in [5.74, 6) is -32.6. The third kappa shape index (κ3) is 4.65. The van der Waals surface area contributed by atoms with E-state index in [9.17, 15) is 65.9 Å². The van der Waals surface area contributed by atoms with Crippen LogP contribution in [0.1, 0.15) is 26.7 Å². The molecule has 2 atom stereocenters. The van der Waals surface area contributed by atoms with Crippen molar-refractivity contribution in [2.24, 2.45) is 0 Å². The summed E-state index contributed by atoms with van der Waals surface area (Å²) in [6.45, 7) is 4.01. The summed E-state index contributed by atoms with van der Waals surface area (Å²) in [4.78, 5) is 10.9. The molecule has 32 heavy (non-hydrogen) atoms. The van der Waals surface area contributed by atoms with Gasteiger partial charge in [0.1, 0.15) is 0 Å². The van der Waals surface area contributed by atoms with Crippen LogP contribution in [0, 0.1) is 0 Å². The molecule has 0 amide bonds. The Morgan fingerprint density at radius 3 is 1.66 bits per heavy atom. The molecule has 0 aliphatic heterocycles. The van der Waals surface area contributed by atoms with Crippen LogP contribution in [0.5, 0.6) is 0 Å². The largest absolute Gasteiger partial charge is 0.460 e. The maximum Gasteiger partial charge on any atom is 0.460 e. The number of alkyl halides is 12. The van der Waals surface area contributed by atoms with E-state index in [4.69, 9.17) is 0 Å². The number of carbonyl (C=O) groups excluding carboxylic acids is 1. The molecule has 0 fully saturated rings. The average molecular weight is 521 g/mol. The Morgan fingerprint density at radius 2 is 1.31 bits per heavy atom. The number of carbonyl (C=O) groups is 1. The predicted molar refractivity (Wildman–Crippen MR) is 82.4 cm³/mol. The lowest BCUT2D eigenvalue weighted by atomic mass is 9.93. The van der Waals surface area contributed by atoms with Gasteiger partial charge in [-0.3, -0.25) is 0 Å². The number of halogens is 12. The van der Waals surface area contributed by atoms with Crippen molar-refractivity contribution in [3.8, 4) is 0 Å². The Balaban J connectivity index is 6.70. The number of nitrogens with one attached hydrogen (secondary N) is 1. The van der Waals surface area contributed by atoms with Gasteiger partial charge in [0.25, 0.3) is 15.0 Å². The number of sulfonamides is 1. The summed E-state index contributed by atoms with van der Waals surface area (Å²) >= 11 is 0. The van der Waals surface area contributed by atoms with Gasteiger partial charge in [-0.25, -0.2) is 17.6 Å². The highest BCUT2D eigenvalue weighted by molar-refractivity contribution is 7.90. The number of rotatable bonds is 11. The molecule has 5 nitrogen and oxygen atoms in total. The normalized spacial score (nSPS) is 17.4. The molecule has 1 N–H and O–H groups in total. The van der Waals surface area contributed by atoms with E-state index in [1.807, 2.05) is 0 Å². The third-order valence-electron chi connectivity index (χ3n) is 3.79. The van der Waals surface area contributed by atoms with Crippen molar-refractivity contribution in [1.29, 1.82) is 0 Å². The van der Waals surface area contributed by atoms with Gasteiger partial charge >= 0.3 is 35.8 Å². The molecule has 0 radical (unpaired) electrons. The number of ether oxygens (including phenoxy) is 1. The highest BCUT2D eigenvalue weighted by Gasteiger charge is 2.91. The molecule has 0 rings (SSSR count). The Bertz CT molecular complexity index is 811. The minimum absolute atomic E-state index is 0.377. The Morgan fingerprint density at radius 1 is 0.906 bits per heavy atom. The molecule has 0 bridgehead atoms. The zero-order valence-corrected chi connectivity index (χ0v) is 16.7. The van der Waals surface area contributed by atoms with Gasteiger partial charge in [-0.05, 0) is 6.92 Å². The topological polar surface area (TPSA) is 72.5 Å². The van der Waals surface area contributed by atoms with Crippen molar-refractivity contribution < 1.29 is 70.6 Å². The fraction of sp³-hybridized carbons (Fsp3) is 0.786. The first-order valence-corrected chi connectivity index (χ1v) is 9.51. The fourth-order valence-electron chi connectivity index (χ4n) is 2.15. The first-order chi connectivity index (χ1) is 13.9. The van der Waals surface area contributed by atoms with Crippen LogP contribution >= 0.6 is 0 Å². The zero-order valence-electron chi connectivity index (χ0n) is 15.9. The molecule has 0 aliphatic rings. The van der Waals surface area contributed by atoms with Gasteiger partial charge in [-0.15, -0.1) is 0 Å². The average Bonchev–Trinajstić information content (AvgIpc) is 2.59. The van der Waals surface area contributed by atoms with E-state index in [0.717, 1.165) is 4.72 Å². The molecular weight excluding hydrogens is 506 g/mol. The van der Waals surface area contributed by atoms with Crippen molar-refractivity contribution in [2.75, 3.05) is 0 Å². The van der Waals surface area contributed by atoms with Crippen LogP contribution in [-0.2, 0) is 19.6 Å². The molecule has 0 aliphatic carbocycles. The van der Waals surface area contributed by atoms with Crippen molar-refractivity contribution in [1.82, 2.24) is 4.72 Å². The van der Waals surface area contributed by atoms with Crippen LogP contribution in [0.2, 0.25) is 0 Å². The van der Waals surface area contributed by atoms with Crippen LogP contribution in [0.3, 0.4) is 0 Å². The summed E-state index contributed by atoms with van der Waals surface area (Å²) in [5.41, 5.74) is 0. The lowest BCUT2D eigenvalue weighted by Gasteiger charge is -2.42. The third-order valence-corrected chi connectivity index (χ3v) is 5.74. The standard InChI is InChI=1S/C14H15F12NO4S/c1-4-6-9(15,32(29,30)27-7(3)31-8(28)5-2)10(16,17)11(18,19)12(20,21)13(22,23)14(24,25)26/h5,7,27H,2,4,6H2,1,3H3. The summed E-state index contributed by atoms with van der Waals surface area (Å²) in [6, 6.07) is 0. The predicted octanol–water partition coefficient (Wildman–Crippen LogP) is 4.55. The second-order valence-electron chi connectivity index (χ2n) is 6.18. The van der Waals surface area contributed by atoms with E-state index >= 15 is 0 Å². The van der Waals surface area contributed by atoms with E-state index < -0.39 is 69.9 Å². The Kier molecular flexibility index (Phi) is 8.43. The minimum Gasteiger partial charge on any atom is -0.443 e. The van der Waals surface area contributed by atoms with E-state index in [-0.39, 0.29) is 0 Å². The maximum atomic E-state index is 14.9. The van der Waals surface area contributed by atoms with Crippen molar-refractivity contribution in [3.05, 3.63) is 12.7 Å². The van der Waals surface area contributed by atoms with Crippen LogP contribution in [0.25, 0.3) is 0 Å². The molecule has 190 valence electrons. The van der Waals surface area contributed by atoms with Crippen LogP contribution in [0.4, 0.5) is 52.7 Å². The molecule has 0 heterocycles. The van der Waals surface area contributed by atoms with Gasteiger partial charge in [-0.2, -0.15) is 53.0 Å². The van der Waals surface area contributed by atoms with Gasteiger partial charge in [0.15, 0.2) is 6.23 Å². The first-order valence-electron chi connectivity index (χ1n) is 8.03. The van der Waals surface area contributed by atoms with Gasteiger partial charge in [-0.1, -0.05) is 19.9 Å². The molecule has 18 heteroatoms. The number of hydrogen-bond acceptors (Lipinski definition) is 4. The van der Waals surface area contributed by atoms with E-state index in [0.29, 0.717) is 19.9 Å². The van der Waals surface area contributed by atoms with Gasteiger partial charge in [0.2, 0.25) is 0 Å². The highest BCUT2D eigenvalue weighted by Crippen LogP contribution is 2.61. The van der Waals surface area contributed by atoms with Crippen molar-refractivity contribution in [2.45, 2.75) is 67.8 Å². The van der Waals surface area contributed by atoms with Crippen molar-refractivity contribution >= 4 is 16.0 Å². The molecule has 2 unspecified atom stereocenters. The Labute approximate surface area is 172 Å². The van der Waals surface area contributed by atoms with Crippen LogP contribution in [0.15, 0.2) is 12.7 Å². The van der Waals surface area contributed by atoms with Crippen LogP contribution in [-0.4, -0.2) is 55.5 Å². The quantitative estimate of drug-likeness (QED) is 0.188. The van der Waals surface area contributed by atoms with Gasteiger partial charge in [0.05, 0.1) is 0 Å². The lowest BCUT2D eigenvalue weighted by Crippen LogP contribution is -2.73. The van der Waals surface area contributed by atoms with E-state index in [1.165, 1.54) is 0 Å². The monoisotopic (exact) mass is 521 g/mol. The van der Waals surface area contributed by atoms with E-state index in [1.54, 1.807) is 0 Å². The van der Waals surface area contributed by atoms with Crippen LogP contribution < -0.4 is 4.72 Å². The number of esters is 1. The molecular formula is C14H15F12NO4S. The van der Waals surface area contributed by atoms with Gasteiger partial charge < -0.3 is 4.74 Å². The first kappa shape index (κ1) is 30.3. The SMILES string of the molecule is C=CC(=O)OC(C)NS(=O)(=O)C(F)(CCC)C(F)(F)C(F)(F)C(F)(F)C(F)(F)C(F)(F)F. The fourth-order valence-corrected chi connectivity index (χ4v) is 3.76. The molecule has 0 aromatic carbocycles. The smallest absolute Gasteiger partial charge is 0.443 e. The summed E-state index contributed by atoms with van der Waals surface area (Å²) in [5, 5.41) is -5.88. The lowest BCUT2D eigenvalue weighted by molar-refractivity contribution is -0.428. The summed E-state index contributed by atoms with van der Waals surface area (Å²) in [7, 11) is -6.64. The minimum atomic E-state index is -8.01. The van der Waals surface area contributed by atoms with E-state index in [2.05, 4.69) is 11.3 Å². The second kappa shape index (κ2) is 8.90. The Hall–Kier alpha value is -1.72. The molecule has 0 spiro atoms. The van der Waals surface area contributed by atoms with Gasteiger partial charge in [0, 0.05) is 12.5 Å². The summed E-state index contributed by atoms with van der Waals surface area (Å²) < 4.78 is 189. The molecule has 0 aromatic rings. The maximum absolute atomic E-state index is 14.9. The molecule has 0 aromatic heterocycles. The molecule has 0 saturated carbocycles. The summed E-state index contributed by atoms with van der Waals surface area (Å²) in [6.07, 6.45) is -12.9. The molecule has 0 saturated heterocycles. The highest BCUT2D eigenvalue weighted by atomic mass is 32.2. The second-order valence-corrected chi connectivity index (χ2v) is 8.07.